The molecule has 8 heteroatoms. The third-order valence-corrected chi connectivity index (χ3v) is 4.97. The Labute approximate surface area is 163 Å². The molecule has 0 radical (unpaired) electrons. The molecule has 2 N–H and O–H groups in total. The first-order chi connectivity index (χ1) is 11.6. The quantitative estimate of drug-likeness (QED) is 0.804. The molecule has 1 unspecified atom stereocenters. The SMILES string of the molecule is Cl.O=C(Cn1nccc1C1CCCNC1)NCc1ccc(Cl)c(Cl)c1. The summed E-state index contributed by atoms with van der Waals surface area (Å²) in [5.41, 5.74) is 2.03. The van der Waals surface area contributed by atoms with Crippen LogP contribution in [0.25, 0.3) is 0 Å². The van der Waals surface area contributed by atoms with Crippen molar-refractivity contribution in [1.29, 1.82) is 0 Å². The molecule has 5 nitrogen and oxygen atoms in total. The number of aromatic nitrogens is 2. The predicted octanol–water partition coefficient (Wildman–Crippen LogP) is 3.40. The molecule has 3 rings (SSSR count). The molecule has 2 heterocycles. The highest BCUT2D eigenvalue weighted by Gasteiger charge is 2.19. The molecule has 1 aromatic heterocycles. The molecule has 25 heavy (non-hydrogen) atoms. The van der Waals surface area contributed by atoms with E-state index in [0.717, 1.165) is 37.2 Å². The number of carbonyl (C=O) groups excluding carboxylic acids is 1. The van der Waals surface area contributed by atoms with Crippen LogP contribution in [0, 0.1) is 0 Å². The number of rotatable bonds is 5. The Morgan fingerprint density at radius 2 is 2.16 bits per heavy atom. The highest BCUT2D eigenvalue weighted by atomic mass is 35.5. The molecule has 1 atom stereocenters. The van der Waals surface area contributed by atoms with Crippen LogP contribution in [0.15, 0.2) is 30.5 Å². The average molecular weight is 404 g/mol. The van der Waals surface area contributed by atoms with E-state index in [4.69, 9.17) is 23.2 Å². The van der Waals surface area contributed by atoms with E-state index < -0.39 is 0 Å². The molecular formula is C17H21Cl3N4O. The van der Waals surface area contributed by atoms with E-state index in [9.17, 15) is 4.79 Å². The van der Waals surface area contributed by atoms with Crippen LogP contribution < -0.4 is 10.6 Å². The molecule has 136 valence electrons. The first kappa shape index (κ1) is 20.0. The molecule has 0 spiro atoms. The van der Waals surface area contributed by atoms with Gasteiger partial charge in [-0.3, -0.25) is 9.48 Å². The van der Waals surface area contributed by atoms with Crippen LogP contribution in [-0.4, -0.2) is 28.8 Å². The number of halogens is 3. The Morgan fingerprint density at radius 1 is 1.32 bits per heavy atom. The smallest absolute Gasteiger partial charge is 0.242 e. The molecule has 0 bridgehead atoms. The number of benzene rings is 1. The van der Waals surface area contributed by atoms with Crippen LogP contribution in [0.5, 0.6) is 0 Å². The zero-order valence-corrected chi connectivity index (χ0v) is 16.0. The maximum Gasteiger partial charge on any atom is 0.242 e. The van der Waals surface area contributed by atoms with Gasteiger partial charge in [-0.2, -0.15) is 5.10 Å². The van der Waals surface area contributed by atoms with E-state index >= 15 is 0 Å². The minimum absolute atomic E-state index is 0. The Kier molecular flexibility index (Phi) is 7.56. The first-order valence-electron chi connectivity index (χ1n) is 8.06. The van der Waals surface area contributed by atoms with Crippen molar-refractivity contribution in [2.45, 2.75) is 31.8 Å². The van der Waals surface area contributed by atoms with Gasteiger partial charge in [-0.15, -0.1) is 12.4 Å². The summed E-state index contributed by atoms with van der Waals surface area (Å²) in [7, 11) is 0. The van der Waals surface area contributed by atoms with E-state index in [1.165, 1.54) is 0 Å². The van der Waals surface area contributed by atoms with Gasteiger partial charge in [0.2, 0.25) is 5.91 Å². The highest BCUT2D eigenvalue weighted by Crippen LogP contribution is 2.23. The van der Waals surface area contributed by atoms with Crippen molar-refractivity contribution in [3.63, 3.8) is 0 Å². The van der Waals surface area contributed by atoms with Gasteiger partial charge >= 0.3 is 0 Å². The summed E-state index contributed by atoms with van der Waals surface area (Å²) in [6.45, 7) is 2.64. The Bertz CT molecular complexity index is 714. The Hall–Kier alpha value is -1.27. The summed E-state index contributed by atoms with van der Waals surface area (Å²) in [6, 6.07) is 7.34. The van der Waals surface area contributed by atoms with Gasteiger partial charge in [0.15, 0.2) is 0 Å². The van der Waals surface area contributed by atoms with Crippen molar-refractivity contribution in [3.05, 3.63) is 51.8 Å². The van der Waals surface area contributed by atoms with Gasteiger partial charge in [0.25, 0.3) is 0 Å². The average Bonchev–Trinajstić information content (AvgIpc) is 3.05. The van der Waals surface area contributed by atoms with Crippen molar-refractivity contribution in [2.24, 2.45) is 0 Å². The lowest BCUT2D eigenvalue weighted by molar-refractivity contribution is -0.122. The molecule has 0 saturated carbocycles. The van der Waals surface area contributed by atoms with Crippen LogP contribution >= 0.6 is 35.6 Å². The third kappa shape index (κ3) is 5.35. The molecule has 1 fully saturated rings. The summed E-state index contributed by atoms with van der Waals surface area (Å²) >= 11 is 11.9. The Balaban J connectivity index is 0.00000225. The summed E-state index contributed by atoms with van der Waals surface area (Å²) in [4.78, 5) is 12.2. The van der Waals surface area contributed by atoms with Crippen LogP contribution in [-0.2, 0) is 17.9 Å². The number of hydrogen-bond donors (Lipinski definition) is 2. The fraction of sp³-hybridized carbons (Fsp3) is 0.412. The van der Waals surface area contributed by atoms with Crippen molar-refractivity contribution in [3.8, 4) is 0 Å². The van der Waals surface area contributed by atoms with E-state index in [2.05, 4.69) is 15.7 Å². The van der Waals surface area contributed by atoms with Crippen molar-refractivity contribution < 1.29 is 4.79 Å². The lowest BCUT2D eigenvalue weighted by atomic mass is 9.96. The molecule has 1 aliphatic heterocycles. The summed E-state index contributed by atoms with van der Waals surface area (Å²) < 4.78 is 1.79. The van der Waals surface area contributed by atoms with Gasteiger partial charge in [0.05, 0.1) is 10.0 Å². The zero-order chi connectivity index (χ0) is 16.9. The monoisotopic (exact) mass is 402 g/mol. The van der Waals surface area contributed by atoms with Crippen LogP contribution in [0.4, 0.5) is 0 Å². The van der Waals surface area contributed by atoms with E-state index in [1.54, 1.807) is 23.0 Å². The van der Waals surface area contributed by atoms with Gasteiger partial charge in [-0.05, 0) is 43.1 Å². The van der Waals surface area contributed by atoms with Crippen molar-refractivity contribution in [2.75, 3.05) is 13.1 Å². The molecule has 1 aromatic carbocycles. The first-order valence-corrected chi connectivity index (χ1v) is 8.82. The van der Waals surface area contributed by atoms with Crippen molar-refractivity contribution in [1.82, 2.24) is 20.4 Å². The maximum atomic E-state index is 12.2. The normalized spacial score (nSPS) is 17.0. The van der Waals surface area contributed by atoms with Gasteiger partial charge in [-0.25, -0.2) is 0 Å². The molecule has 1 saturated heterocycles. The minimum atomic E-state index is -0.0743. The van der Waals surface area contributed by atoms with E-state index in [1.807, 2.05) is 12.1 Å². The number of hydrogen-bond acceptors (Lipinski definition) is 3. The van der Waals surface area contributed by atoms with Gasteiger partial charge in [0.1, 0.15) is 6.54 Å². The molecule has 1 aliphatic rings. The number of carbonyl (C=O) groups is 1. The second-order valence-electron chi connectivity index (χ2n) is 5.98. The fourth-order valence-electron chi connectivity index (χ4n) is 2.97. The lowest BCUT2D eigenvalue weighted by Crippen LogP contribution is -2.32. The second-order valence-corrected chi connectivity index (χ2v) is 6.80. The van der Waals surface area contributed by atoms with Crippen LogP contribution in [0.1, 0.15) is 30.0 Å². The van der Waals surface area contributed by atoms with E-state index in [0.29, 0.717) is 22.5 Å². The number of amides is 1. The van der Waals surface area contributed by atoms with Crippen LogP contribution in [0.3, 0.4) is 0 Å². The van der Waals surface area contributed by atoms with E-state index in [-0.39, 0.29) is 24.9 Å². The summed E-state index contributed by atoms with van der Waals surface area (Å²) in [5, 5.41) is 11.6. The molecule has 2 aromatic rings. The minimum Gasteiger partial charge on any atom is -0.350 e. The van der Waals surface area contributed by atoms with Crippen LogP contribution in [0.2, 0.25) is 10.0 Å². The fourth-order valence-corrected chi connectivity index (χ4v) is 3.29. The Morgan fingerprint density at radius 3 is 2.88 bits per heavy atom. The topological polar surface area (TPSA) is 59.0 Å². The third-order valence-electron chi connectivity index (χ3n) is 4.23. The predicted molar refractivity (Wildman–Crippen MR) is 103 cm³/mol. The molecule has 0 aliphatic carbocycles. The van der Waals surface area contributed by atoms with Gasteiger partial charge in [0, 0.05) is 30.9 Å². The van der Waals surface area contributed by atoms with Gasteiger partial charge < -0.3 is 10.6 Å². The summed E-state index contributed by atoms with van der Waals surface area (Å²) in [6.07, 6.45) is 4.04. The highest BCUT2D eigenvalue weighted by molar-refractivity contribution is 6.42. The lowest BCUT2D eigenvalue weighted by Gasteiger charge is -2.23. The molecule has 1 amide bonds. The maximum absolute atomic E-state index is 12.2. The number of nitrogens with zero attached hydrogens (tertiary/aromatic N) is 2. The zero-order valence-electron chi connectivity index (χ0n) is 13.7. The standard InChI is InChI=1S/C17H20Cl2N4O.ClH/c18-14-4-3-12(8-15(14)19)9-21-17(24)11-23-16(5-7-22-23)13-2-1-6-20-10-13;/h3-5,7-8,13,20H,1-2,6,9-11H2,(H,21,24);1H. The van der Waals surface area contributed by atoms with Crippen molar-refractivity contribution >= 4 is 41.5 Å². The number of nitrogens with one attached hydrogen (secondary N) is 2. The van der Waals surface area contributed by atoms with Gasteiger partial charge in [-0.1, -0.05) is 29.3 Å². The number of piperidine rings is 1. The largest absolute Gasteiger partial charge is 0.350 e. The summed E-state index contributed by atoms with van der Waals surface area (Å²) in [5.74, 6) is 0.346. The molecular weight excluding hydrogens is 383 g/mol. The second kappa shape index (κ2) is 9.43.